The number of hydrogen-bond acceptors (Lipinski definition) is 2. The van der Waals surface area contributed by atoms with Crippen LogP contribution in [-0.4, -0.2) is 12.6 Å². The number of nitrogens with one attached hydrogen (secondary N) is 1. The number of benzene rings is 1. The second-order valence-corrected chi connectivity index (χ2v) is 7.42. The van der Waals surface area contributed by atoms with E-state index in [9.17, 15) is 0 Å². The van der Waals surface area contributed by atoms with E-state index in [0.29, 0.717) is 6.10 Å². The molecule has 0 spiro atoms. The van der Waals surface area contributed by atoms with Crippen molar-refractivity contribution in [3.05, 3.63) is 28.2 Å². The van der Waals surface area contributed by atoms with Crippen molar-refractivity contribution in [2.75, 3.05) is 6.54 Å². The van der Waals surface area contributed by atoms with Gasteiger partial charge in [-0.05, 0) is 66.1 Å². The van der Waals surface area contributed by atoms with E-state index in [4.69, 9.17) is 4.74 Å². The van der Waals surface area contributed by atoms with Crippen molar-refractivity contribution in [2.24, 2.45) is 11.8 Å². The molecule has 2 nitrogen and oxygen atoms in total. The number of halogens is 1. The van der Waals surface area contributed by atoms with E-state index in [2.05, 4.69) is 60.2 Å². The minimum absolute atomic E-state index is 0.354. The highest BCUT2D eigenvalue weighted by molar-refractivity contribution is 9.10. The molecule has 0 saturated heterocycles. The van der Waals surface area contributed by atoms with E-state index in [-0.39, 0.29) is 0 Å². The molecule has 0 amide bonds. The minimum atomic E-state index is 0.354. The molecule has 1 aliphatic rings. The van der Waals surface area contributed by atoms with Gasteiger partial charge < -0.3 is 10.1 Å². The van der Waals surface area contributed by atoms with Crippen LogP contribution >= 0.6 is 15.9 Å². The Morgan fingerprint density at radius 1 is 1.19 bits per heavy atom. The van der Waals surface area contributed by atoms with Crippen LogP contribution in [0.4, 0.5) is 0 Å². The molecule has 0 heterocycles. The molecule has 1 N–H and O–H groups in total. The highest BCUT2D eigenvalue weighted by Crippen LogP contribution is 2.35. The molecule has 2 unspecified atom stereocenters. The van der Waals surface area contributed by atoms with Gasteiger partial charge in [0.1, 0.15) is 5.75 Å². The van der Waals surface area contributed by atoms with Gasteiger partial charge >= 0.3 is 0 Å². The fourth-order valence-electron chi connectivity index (χ4n) is 3.36. The highest BCUT2D eigenvalue weighted by atomic mass is 79.9. The van der Waals surface area contributed by atoms with E-state index in [1.54, 1.807) is 0 Å². The van der Waals surface area contributed by atoms with Crippen LogP contribution in [0.3, 0.4) is 0 Å². The fraction of sp³-hybridized carbons (Fsp3) is 0.667. The summed E-state index contributed by atoms with van der Waals surface area (Å²) in [6.07, 6.45) is 5.19. The molecule has 1 saturated carbocycles. The second kappa shape index (κ2) is 8.19. The maximum atomic E-state index is 6.40. The third-order valence-corrected chi connectivity index (χ3v) is 4.83. The Labute approximate surface area is 137 Å². The zero-order valence-electron chi connectivity index (χ0n) is 13.5. The van der Waals surface area contributed by atoms with Crippen LogP contribution in [0.1, 0.15) is 52.0 Å². The molecule has 2 atom stereocenters. The molecule has 118 valence electrons. The molecule has 1 aromatic carbocycles. The summed E-state index contributed by atoms with van der Waals surface area (Å²) in [6, 6.07) is 6.33. The SMILES string of the molecule is CCCNCc1cccc(Br)c1OC1CC(C)CC(C)C1. The molecule has 3 heteroatoms. The molecule has 0 bridgehead atoms. The van der Waals surface area contributed by atoms with Gasteiger partial charge in [-0.25, -0.2) is 0 Å². The largest absolute Gasteiger partial charge is 0.489 e. The highest BCUT2D eigenvalue weighted by Gasteiger charge is 2.26. The number of ether oxygens (including phenoxy) is 1. The van der Waals surface area contributed by atoms with Gasteiger partial charge in [0.05, 0.1) is 10.6 Å². The van der Waals surface area contributed by atoms with Gasteiger partial charge in [0.2, 0.25) is 0 Å². The first-order valence-corrected chi connectivity index (χ1v) is 9.04. The van der Waals surface area contributed by atoms with Crippen molar-refractivity contribution in [3.8, 4) is 5.75 Å². The van der Waals surface area contributed by atoms with Crippen LogP contribution in [-0.2, 0) is 6.54 Å². The van der Waals surface area contributed by atoms with Crippen molar-refractivity contribution in [3.63, 3.8) is 0 Å². The van der Waals surface area contributed by atoms with Gasteiger partial charge in [-0.1, -0.05) is 32.9 Å². The molecule has 0 radical (unpaired) electrons. The first kappa shape index (κ1) is 16.8. The molecule has 1 aromatic rings. The van der Waals surface area contributed by atoms with Gasteiger partial charge in [0, 0.05) is 12.1 Å². The molecule has 2 rings (SSSR count). The van der Waals surface area contributed by atoms with Gasteiger partial charge in [-0.3, -0.25) is 0 Å². The van der Waals surface area contributed by atoms with Crippen LogP contribution in [0, 0.1) is 11.8 Å². The molecule has 0 aliphatic heterocycles. The Morgan fingerprint density at radius 2 is 1.90 bits per heavy atom. The summed E-state index contributed by atoms with van der Waals surface area (Å²) >= 11 is 3.66. The first-order chi connectivity index (χ1) is 10.1. The molecular weight excluding hydrogens is 326 g/mol. The van der Waals surface area contributed by atoms with E-state index < -0.39 is 0 Å². The molecular formula is C18H28BrNO. The van der Waals surface area contributed by atoms with Crippen LogP contribution in [0.25, 0.3) is 0 Å². The maximum absolute atomic E-state index is 6.40. The quantitative estimate of drug-likeness (QED) is 0.713. The van der Waals surface area contributed by atoms with Crippen LogP contribution in [0.5, 0.6) is 5.75 Å². The number of para-hydroxylation sites is 1. The lowest BCUT2D eigenvalue weighted by molar-refractivity contribution is 0.0992. The van der Waals surface area contributed by atoms with E-state index in [0.717, 1.165) is 41.6 Å². The summed E-state index contributed by atoms with van der Waals surface area (Å²) < 4.78 is 7.48. The smallest absolute Gasteiger partial charge is 0.138 e. The third-order valence-electron chi connectivity index (χ3n) is 4.21. The van der Waals surface area contributed by atoms with E-state index in [1.165, 1.54) is 24.8 Å². The summed E-state index contributed by atoms with van der Waals surface area (Å²) in [4.78, 5) is 0. The zero-order valence-corrected chi connectivity index (χ0v) is 15.1. The summed E-state index contributed by atoms with van der Waals surface area (Å²) in [6.45, 7) is 8.80. The van der Waals surface area contributed by atoms with Gasteiger partial charge in [-0.15, -0.1) is 0 Å². The Bertz CT molecular complexity index is 439. The summed E-state index contributed by atoms with van der Waals surface area (Å²) in [5.41, 5.74) is 1.25. The molecule has 21 heavy (non-hydrogen) atoms. The zero-order chi connectivity index (χ0) is 15.2. The van der Waals surface area contributed by atoms with E-state index in [1.807, 2.05) is 0 Å². The average molecular weight is 354 g/mol. The lowest BCUT2D eigenvalue weighted by atomic mass is 9.82. The topological polar surface area (TPSA) is 21.3 Å². The Hall–Kier alpha value is -0.540. The maximum Gasteiger partial charge on any atom is 0.138 e. The summed E-state index contributed by atoms with van der Waals surface area (Å²) in [5.74, 6) is 2.57. The Balaban J connectivity index is 2.07. The first-order valence-electron chi connectivity index (χ1n) is 8.24. The lowest BCUT2D eigenvalue weighted by Crippen LogP contribution is -2.29. The predicted molar refractivity (Wildman–Crippen MR) is 92.7 cm³/mol. The molecule has 1 aliphatic carbocycles. The van der Waals surface area contributed by atoms with Crippen LogP contribution in [0.15, 0.2) is 22.7 Å². The number of hydrogen-bond donors (Lipinski definition) is 1. The van der Waals surface area contributed by atoms with Crippen molar-refractivity contribution in [1.82, 2.24) is 5.32 Å². The predicted octanol–water partition coefficient (Wildman–Crippen LogP) is 5.15. The van der Waals surface area contributed by atoms with Crippen LogP contribution < -0.4 is 10.1 Å². The molecule has 0 aromatic heterocycles. The normalized spacial score (nSPS) is 25.8. The number of rotatable bonds is 6. The van der Waals surface area contributed by atoms with Crippen LogP contribution in [0.2, 0.25) is 0 Å². The van der Waals surface area contributed by atoms with Gasteiger partial charge in [-0.2, -0.15) is 0 Å². The van der Waals surface area contributed by atoms with Crippen molar-refractivity contribution in [1.29, 1.82) is 0 Å². The standard InChI is InChI=1S/C18H28BrNO/c1-4-8-20-12-15-6-5-7-17(19)18(15)21-16-10-13(2)9-14(3)11-16/h5-7,13-14,16,20H,4,8-12H2,1-3H3. The third kappa shape index (κ3) is 5.00. The summed E-state index contributed by atoms with van der Waals surface area (Å²) in [5, 5.41) is 3.47. The van der Waals surface area contributed by atoms with Gasteiger partial charge in [0.25, 0.3) is 0 Å². The Kier molecular flexibility index (Phi) is 6.56. The lowest BCUT2D eigenvalue weighted by Gasteiger charge is -2.32. The van der Waals surface area contributed by atoms with Crippen molar-refractivity contribution < 1.29 is 4.74 Å². The molecule has 1 fully saturated rings. The van der Waals surface area contributed by atoms with Crippen molar-refractivity contribution >= 4 is 15.9 Å². The average Bonchev–Trinajstić information content (AvgIpc) is 2.41. The fourth-order valence-corrected chi connectivity index (χ4v) is 3.86. The Morgan fingerprint density at radius 3 is 2.57 bits per heavy atom. The van der Waals surface area contributed by atoms with Crippen molar-refractivity contribution in [2.45, 2.75) is 59.1 Å². The summed E-state index contributed by atoms with van der Waals surface area (Å²) in [7, 11) is 0. The monoisotopic (exact) mass is 353 g/mol. The van der Waals surface area contributed by atoms with E-state index >= 15 is 0 Å². The second-order valence-electron chi connectivity index (χ2n) is 6.56. The van der Waals surface area contributed by atoms with Gasteiger partial charge in [0.15, 0.2) is 0 Å². The minimum Gasteiger partial charge on any atom is -0.489 e.